The molecule has 0 heterocycles. The summed E-state index contributed by atoms with van der Waals surface area (Å²) in [5, 5.41) is 11.9. The molecule has 0 saturated heterocycles. The highest BCUT2D eigenvalue weighted by Gasteiger charge is 2.35. The molecular formula is C17H20N2O4. The van der Waals surface area contributed by atoms with Gasteiger partial charge >= 0.3 is 5.97 Å². The van der Waals surface area contributed by atoms with Crippen LogP contribution in [0, 0.1) is 11.3 Å². The minimum absolute atomic E-state index is 0.364. The van der Waals surface area contributed by atoms with Crippen LogP contribution in [0.4, 0.5) is 0 Å². The number of amides is 1. The van der Waals surface area contributed by atoms with Gasteiger partial charge in [-0.05, 0) is 43.4 Å². The van der Waals surface area contributed by atoms with Gasteiger partial charge in [-0.3, -0.25) is 4.79 Å². The van der Waals surface area contributed by atoms with E-state index in [9.17, 15) is 14.9 Å². The third-order valence-electron chi connectivity index (χ3n) is 3.86. The highest BCUT2D eigenvalue weighted by molar-refractivity contribution is 5.91. The van der Waals surface area contributed by atoms with Crippen molar-refractivity contribution in [2.75, 3.05) is 13.7 Å². The second-order valence-corrected chi connectivity index (χ2v) is 5.66. The maximum atomic E-state index is 12.0. The molecule has 6 heteroatoms. The molecule has 23 heavy (non-hydrogen) atoms. The van der Waals surface area contributed by atoms with Crippen molar-refractivity contribution in [1.29, 1.82) is 5.26 Å². The zero-order valence-electron chi connectivity index (χ0n) is 13.1. The van der Waals surface area contributed by atoms with Gasteiger partial charge in [-0.1, -0.05) is 12.1 Å². The van der Waals surface area contributed by atoms with E-state index in [0.29, 0.717) is 25.0 Å². The van der Waals surface area contributed by atoms with Crippen LogP contribution in [0.5, 0.6) is 0 Å². The number of carbonyl (C=O) groups is 2. The number of nitriles is 1. The first-order chi connectivity index (χ1) is 11.1. The Morgan fingerprint density at radius 3 is 2.74 bits per heavy atom. The number of ether oxygens (including phenoxy) is 2. The van der Waals surface area contributed by atoms with Crippen LogP contribution in [0.25, 0.3) is 0 Å². The predicted molar refractivity (Wildman–Crippen MR) is 82.4 cm³/mol. The monoisotopic (exact) mass is 316 g/mol. The summed E-state index contributed by atoms with van der Waals surface area (Å²) in [4.78, 5) is 23.9. The van der Waals surface area contributed by atoms with Crippen LogP contribution in [0.3, 0.4) is 0 Å². The van der Waals surface area contributed by atoms with Gasteiger partial charge in [0.2, 0.25) is 0 Å². The van der Waals surface area contributed by atoms with Crippen molar-refractivity contribution in [2.45, 2.75) is 37.8 Å². The summed E-state index contributed by atoms with van der Waals surface area (Å²) in [6.07, 6.45) is 3.12. The van der Waals surface area contributed by atoms with Crippen LogP contribution < -0.4 is 5.32 Å². The number of rotatable bonds is 6. The van der Waals surface area contributed by atoms with E-state index in [4.69, 9.17) is 9.47 Å². The van der Waals surface area contributed by atoms with E-state index in [2.05, 4.69) is 11.4 Å². The predicted octanol–water partition coefficient (Wildman–Crippen LogP) is 1.94. The lowest BCUT2D eigenvalue weighted by atomic mass is 10.00. The molecule has 6 nitrogen and oxygen atoms in total. The van der Waals surface area contributed by atoms with Crippen molar-refractivity contribution >= 4 is 11.9 Å². The van der Waals surface area contributed by atoms with E-state index < -0.39 is 24.0 Å². The second-order valence-electron chi connectivity index (χ2n) is 5.66. The molecule has 1 aromatic rings. The Hall–Kier alpha value is -2.39. The molecule has 1 saturated carbocycles. The number of nitrogens with zero attached hydrogens (tertiary/aromatic N) is 1. The average molecular weight is 316 g/mol. The van der Waals surface area contributed by atoms with Crippen molar-refractivity contribution in [3.63, 3.8) is 0 Å². The summed E-state index contributed by atoms with van der Waals surface area (Å²) >= 11 is 0. The van der Waals surface area contributed by atoms with Gasteiger partial charge in [0.05, 0.1) is 18.2 Å². The molecule has 1 amide bonds. The summed E-state index contributed by atoms with van der Waals surface area (Å²) < 4.78 is 10.0. The SMILES string of the molecule is COCc1cccc(C(=O)OCC(=O)NC2(C#N)CCCC2)c1. The van der Waals surface area contributed by atoms with Crippen LogP contribution in [0.2, 0.25) is 0 Å². The van der Waals surface area contributed by atoms with Gasteiger partial charge in [0, 0.05) is 7.11 Å². The lowest BCUT2D eigenvalue weighted by Gasteiger charge is -2.21. The van der Waals surface area contributed by atoms with E-state index in [0.717, 1.165) is 18.4 Å². The van der Waals surface area contributed by atoms with Crippen molar-refractivity contribution < 1.29 is 19.1 Å². The molecule has 0 bridgehead atoms. The molecule has 0 unspecified atom stereocenters. The number of hydrogen-bond donors (Lipinski definition) is 1. The Balaban J connectivity index is 1.87. The first-order valence-electron chi connectivity index (χ1n) is 7.56. The summed E-state index contributed by atoms with van der Waals surface area (Å²) in [5.74, 6) is -1.02. The number of esters is 1. The molecule has 0 aliphatic heterocycles. The summed E-state index contributed by atoms with van der Waals surface area (Å²) in [7, 11) is 1.57. The largest absolute Gasteiger partial charge is 0.452 e. The third kappa shape index (κ3) is 4.54. The van der Waals surface area contributed by atoms with Gasteiger partial charge in [-0.2, -0.15) is 5.26 Å². The normalized spacial score (nSPS) is 15.7. The molecule has 0 atom stereocenters. The molecular weight excluding hydrogens is 296 g/mol. The minimum atomic E-state index is -0.804. The first-order valence-corrected chi connectivity index (χ1v) is 7.56. The van der Waals surface area contributed by atoms with Crippen molar-refractivity contribution in [3.8, 4) is 6.07 Å². The number of nitrogens with one attached hydrogen (secondary N) is 1. The first kappa shape index (κ1) is 17.0. The lowest BCUT2D eigenvalue weighted by molar-refractivity contribution is -0.125. The maximum absolute atomic E-state index is 12.0. The fourth-order valence-electron chi connectivity index (χ4n) is 2.72. The highest BCUT2D eigenvalue weighted by Crippen LogP contribution is 2.28. The fourth-order valence-corrected chi connectivity index (χ4v) is 2.72. The van der Waals surface area contributed by atoms with E-state index in [1.807, 2.05) is 6.07 Å². The van der Waals surface area contributed by atoms with Crippen LogP contribution >= 0.6 is 0 Å². The topological polar surface area (TPSA) is 88.4 Å². The molecule has 1 fully saturated rings. The Morgan fingerprint density at radius 1 is 1.35 bits per heavy atom. The zero-order chi connectivity index (χ0) is 16.7. The molecule has 122 valence electrons. The molecule has 0 radical (unpaired) electrons. The van der Waals surface area contributed by atoms with Crippen LogP contribution in [0.1, 0.15) is 41.6 Å². The summed E-state index contributed by atoms with van der Waals surface area (Å²) in [6.45, 7) is 0.00304. The zero-order valence-corrected chi connectivity index (χ0v) is 13.1. The van der Waals surface area contributed by atoms with Gasteiger partial charge in [0.1, 0.15) is 5.54 Å². The molecule has 1 aliphatic rings. The van der Waals surface area contributed by atoms with Gasteiger partial charge in [0.25, 0.3) is 5.91 Å². The Labute approximate surface area is 135 Å². The third-order valence-corrected chi connectivity index (χ3v) is 3.86. The Kier molecular flexibility index (Phi) is 5.72. The van der Waals surface area contributed by atoms with Crippen molar-refractivity contribution in [2.24, 2.45) is 0 Å². The van der Waals surface area contributed by atoms with Crippen molar-refractivity contribution in [3.05, 3.63) is 35.4 Å². The van der Waals surface area contributed by atoms with Crippen LogP contribution in [-0.4, -0.2) is 31.1 Å². The summed E-state index contributed by atoms with van der Waals surface area (Å²) in [5.41, 5.74) is 0.408. The van der Waals surface area contributed by atoms with Crippen molar-refractivity contribution in [1.82, 2.24) is 5.32 Å². The highest BCUT2D eigenvalue weighted by atomic mass is 16.5. The van der Waals surface area contributed by atoms with Gasteiger partial charge in [0.15, 0.2) is 6.61 Å². The van der Waals surface area contributed by atoms with E-state index in [1.165, 1.54) is 0 Å². The molecule has 1 N–H and O–H groups in total. The minimum Gasteiger partial charge on any atom is -0.452 e. The number of hydrogen-bond acceptors (Lipinski definition) is 5. The molecule has 2 rings (SSSR count). The lowest BCUT2D eigenvalue weighted by Crippen LogP contribution is -2.46. The molecule has 1 aliphatic carbocycles. The molecule has 1 aromatic carbocycles. The van der Waals surface area contributed by atoms with E-state index in [1.54, 1.807) is 25.3 Å². The quantitative estimate of drug-likeness (QED) is 0.810. The molecule has 0 spiro atoms. The standard InChI is InChI=1S/C17H20N2O4/c1-22-10-13-5-4-6-14(9-13)16(21)23-11-15(20)19-17(12-18)7-2-3-8-17/h4-6,9H,2-3,7-8,10-11H2,1H3,(H,19,20). The molecule has 0 aromatic heterocycles. The summed E-state index contributed by atoms with van der Waals surface area (Å²) in [6, 6.07) is 9.01. The Bertz CT molecular complexity index is 615. The van der Waals surface area contributed by atoms with Crippen LogP contribution in [0.15, 0.2) is 24.3 Å². The second kappa shape index (κ2) is 7.75. The van der Waals surface area contributed by atoms with E-state index in [-0.39, 0.29) is 0 Å². The number of benzene rings is 1. The van der Waals surface area contributed by atoms with Gasteiger partial charge in [-0.25, -0.2) is 4.79 Å². The number of carbonyl (C=O) groups excluding carboxylic acids is 2. The number of methoxy groups -OCH3 is 1. The van der Waals surface area contributed by atoms with E-state index >= 15 is 0 Å². The fraction of sp³-hybridized carbons (Fsp3) is 0.471. The van der Waals surface area contributed by atoms with Gasteiger partial charge in [-0.15, -0.1) is 0 Å². The van der Waals surface area contributed by atoms with Crippen LogP contribution in [-0.2, 0) is 20.9 Å². The average Bonchev–Trinajstić information content (AvgIpc) is 3.02. The van der Waals surface area contributed by atoms with Gasteiger partial charge < -0.3 is 14.8 Å². The Morgan fingerprint density at radius 2 is 2.09 bits per heavy atom. The maximum Gasteiger partial charge on any atom is 0.338 e. The smallest absolute Gasteiger partial charge is 0.338 e.